The highest BCUT2D eigenvalue weighted by Gasteiger charge is 2.14. The zero-order valence-corrected chi connectivity index (χ0v) is 12.1. The Bertz CT molecular complexity index is 604. The molecule has 0 fully saturated rings. The van der Waals surface area contributed by atoms with E-state index in [9.17, 15) is 9.59 Å². The molecule has 0 saturated carbocycles. The first-order valence-electron chi connectivity index (χ1n) is 5.42. The summed E-state index contributed by atoms with van der Waals surface area (Å²) in [7, 11) is 0. The number of rotatable bonds is 5. The fourth-order valence-corrected chi connectivity index (χ4v) is 2.93. The Morgan fingerprint density at radius 2 is 2.00 bits per heavy atom. The summed E-state index contributed by atoms with van der Waals surface area (Å²) >= 11 is 4.97. The number of carboxylic acids is 1. The Balaban J connectivity index is 1.85. The van der Waals surface area contributed by atoms with Crippen LogP contribution in [0.5, 0.6) is 0 Å². The average Bonchev–Trinajstić information content (AvgIpc) is 2.98. The van der Waals surface area contributed by atoms with Crippen LogP contribution in [0.15, 0.2) is 32.5 Å². The summed E-state index contributed by atoms with van der Waals surface area (Å²) in [5, 5.41) is 11.4. The first-order valence-corrected chi connectivity index (χ1v) is 7.03. The van der Waals surface area contributed by atoms with Gasteiger partial charge in [0.25, 0.3) is 5.91 Å². The molecular formula is C12H10BrNO4S. The number of hydrogen-bond donors (Lipinski definition) is 2. The molecule has 0 aromatic carbocycles. The molecule has 7 heteroatoms. The Labute approximate surface area is 121 Å². The highest BCUT2D eigenvalue weighted by molar-refractivity contribution is 9.11. The highest BCUT2D eigenvalue weighted by atomic mass is 79.9. The van der Waals surface area contributed by atoms with Gasteiger partial charge in [-0.25, -0.2) is 4.79 Å². The number of nitrogens with one attached hydrogen (secondary N) is 1. The molecule has 2 heterocycles. The summed E-state index contributed by atoms with van der Waals surface area (Å²) in [4.78, 5) is 23.4. The smallest absolute Gasteiger partial charge is 0.371 e. The number of thiophene rings is 1. The molecule has 0 atom stereocenters. The van der Waals surface area contributed by atoms with Crippen LogP contribution in [0.25, 0.3) is 0 Å². The van der Waals surface area contributed by atoms with Crippen molar-refractivity contribution in [2.24, 2.45) is 0 Å². The van der Waals surface area contributed by atoms with Crippen molar-refractivity contribution in [1.82, 2.24) is 5.32 Å². The first-order chi connectivity index (χ1) is 9.06. The van der Waals surface area contributed by atoms with Gasteiger partial charge in [-0.1, -0.05) is 0 Å². The van der Waals surface area contributed by atoms with Crippen molar-refractivity contribution < 1.29 is 19.1 Å². The van der Waals surface area contributed by atoms with Crippen LogP contribution < -0.4 is 5.32 Å². The molecule has 0 aliphatic heterocycles. The van der Waals surface area contributed by atoms with Gasteiger partial charge in [-0.2, -0.15) is 0 Å². The predicted molar refractivity (Wildman–Crippen MR) is 73.7 cm³/mol. The fraction of sp³-hybridized carbons (Fsp3) is 0.167. The van der Waals surface area contributed by atoms with E-state index in [1.54, 1.807) is 11.3 Å². The molecule has 0 aliphatic carbocycles. The first kappa shape index (κ1) is 13.8. The summed E-state index contributed by atoms with van der Waals surface area (Å²) in [6.07, 6.45) is 0.717. The molecule has 0 aliphatic rings. The van der Waals surface area contributed by atoms with Crippen LogP contribution in [0, 0.1) is 0 Å². The van der Waals surface area contributed by atoms with Gasteiger partial charge >= 0.3 is 5.97 Å². The molecule has 0 bridgehead atoms. The van der Waals surface area contributed by atoms with Crippen LogP contribution in [0.1, 0.15) is 26.0 Å². The van der Waals surface area contributed by atoms with Crippen molar-refractivity contribution in [2.75, 3.05) is 6.54 Å². The molecule has 2 N–H and O–H groups in total. The maximum atomic E-state index is 11.7. The molecule has 100 valence electrons. The van der Waals surface area contributed by atoms with Crippen molar-refractivity contribution >= 4 is 39.1 Å². The fourth-order valence-electron chi connectivity index (χ4n) is 1.45. The van der Waals surface area contributed by atoms with Gasteiger partial charge < -0.3 is 14.8 Å². The topological polar surface area (TPSA) is 79.5 Å². The van der Waals surface area contributed by atoms with Crippen LogP contribution in [-0.4, -0.2) is 23.5 Å². The minimum Gasteiger partial charge on any atom is -0.475 e. The number of carboxylic acid groups (broad SMARTS) is 1. The van der Waals surface area contributed by atoms with Crippen LogP contribution >= 0.6 is 27.3 Å². The summed E-state index contributed by atoms with van der Waals surface area (Å²) in [5.74, 6) is -1.84. The third kappa shape index (κ3) is 3.68. The largest absolute Gasteiger partial charge is 0.475 e. The number of hydrogen-bond acceptors (Lipinski definition) is 4. The maximum absolute atomic E-state index is 11.7. The van der Waals surface area contributed by atoms with E-state index in [-0.39, 0.29) is 11.5 Å². The summed E-state index contributed by atoms with van der Waals surface area (Å²) in [6.45, 7) is 0.467. The second-order valence-electron chi connectivity index (χ2n) is 3.68. The minimum absolute atomic E-state index is 0.00441. The van der Waals surface area contributed by atoms with E-state index in [0.717, 1.165) is 8.66 Å². The molecule has 2 aromatic rings. The molecule has 0 saturated heterocycles. The number of aromatic carboxylic acids is 1. The lowest BCUT2D eigenvalue weighted by molar-refractivity contribution is 0.0659. The Kier molecular flexibility index (Phi) is 4.39. The van der Waals surface area contributed by atoms with E-state index in [4.69, 9.17) is 9.52 Å². The second kappa shape index (κ2) is 6.03. The summed E-state index contributed by atoms with van der Waals surface area (Å²) < 4.78 is 5.94. The van der Waals surface area contributed by atoms with Gasteiger partial charge in [0.1, 0.15) is 0 Å². The average molecular weight is 344 g/mol. The van der Waals surface area contributed by atoms with Crippen LogP contribution in [0.4, 0.5) is 0 Å². The van der Waals surface area contributed by atoms with Gasteiger partial charge in [0.15, 0.2) is 5.76 Å². The van der Waals surface area contributed by atoms with E-state index in [1.807, 2.05) is 12.1 Å². The van der Waals surface area contributed by atoms with E-state index < -0.39 is 11.9 Å². The maximum Gasteiger partial charge on any atom is 0.371 e. The van der Waals surface area contributed by atoms with Crippen molar-refractivity contribution in [3.8, 4) is 0 Å². The molecular weight excluding hydrogens is 334 g/mol. The molecule has 2 aromatic heterocycles. The SMILES string of the molecule is O=C(O)c1ccc(C(=O)NCCc2ccc(Br)s2)o1. The monoisotopic (exact) mass is 343 g/mol. The third-order valence-corrected chi connectivity index (χ3v) is 4.01. The van der Waals surface area contributed by atoms with E-state index >= 15 is 0 Å². The van der Waals surface area contributed by atoms with Crippen molar-refractivity contribution in [1.29, 1.82) is 0 Å². The lowest BCUT2D eigenvalue weighted by Gasteiger charge is -2.01. The quantitative estimate of drug-likeness (QED) is 0.874. The van der Waals surface area contributed by atoms with E-state index in [1.165, 1.54) is 12.1 Å². The number of carbonyl (C=O) groups is 2. The lowest BCUT2D eigenvalue weighted by atomic mass is 10.3. The van der Waals surface area contributed by atoms with E-state index in [0.29, 0.717) is 13.0 Å². The van der Waals surface area contributed by atoms with Crippen molar-refractivity contribution in [3.05, 3.63) is 44.4 Å². The Hall–Kier alpha value is -1.60. The zero-order chi connectivity index (χ0) is 13.8. The molecule has 0 unspecified atom stereocenters. The zero-order valence-electron chi connectivity index (χ0n) is 9.68. The Morgan fingerprint density at radius 3 is 2.58 bits per heavy atom. The van der Waals surface area contributed by atoms with E-state index in [2.05, 4.69) is 21.2 Å². The Morgan fingerprint density at radius 1 is 1.26 bits per heavy atom. The molecule has 0 radical (unpaired) electrons. The molecule has 5 nitrogen and oxygen atoms in total. The predicted octanol–water partition coefficient (Wildman–Crippen LogP) is 2.77. The molecule has 0 spiro atoms. The summed E-state index contributed by atoms with van der Waals surface area (Å²) in [5.41, 5.74) is 0. The van der Waals surface area contributed by atoms with Gasteiger partial charge in [0.2, 0.25) is 5.76 Å². The van der Waals surface area contributed by atoms with Crippen LogP contribution in [0.3, 0.4) is 0 Å². The number of amides is 1. The third-order valence-electron chi connectivity index (χ3n) is 2.33. The van der Waals surface area contributed by atoms with Gasteiger partial charge in [-0.3, -0.25) is 4.79 Å². The van der Waals surface area contributed by atoms with Crippen molar-refractivity contribution in [3.63, 3.8) is 0 Å². The van der Waals surface area contributed by atoms with Gasteiger partial charge in [-0.05, 0) is 46.6 Å². The second-order valence-corrected chi connectivity index (χ2v) is 6.23. The summed E-state index contributed by atoms with van der Waals surface area (Å²) in [6, 6.07) is 6.54. The minimum atomic E-state index is -1.19. The van der Waals surface area contributed by atoms with Crippen LogP contribution in [-0.2, 0) is 6.42 Å². The normalized spacial score (nSPS) is 10.4. The molecule has 2 rings (SSSR count). The van der Waals surface area contributed by atoms with Gasteiger partial charge in [-0.15, -0.1) is 11.3 Å². The highest BCUT2D eigenvalue weighted by Crippen LogP contribution is 2.22. The van der Waals surface area contributed by atoms with Crippen LogP contribution in [0.2, 0.25) is 0 Å². The van der Waals surface area contributed by atoms with Gasteiger partial charge in [0, 0.05) is 11.4 Å². The number of halogens is 1. The standard InChI is InChI=1S/C12H10BrNO4S/c13-10-4-1-7(19-10)5-6-14-11(15)8-2-3-9(18-8)12(16)17/h1-4H,5-6H2,(H,14,15)(H,16,17). The van der Waals surface area contributed by atoms with Gasteiger partial charge in [0.05, 0.1) is 3.79 Å². The number of furan rings is 1. The van der Waals surface area contributed by atoms with Crippen molar-refractivity contribution in [2.45, 2.75) is 6.42 Å². The number of carbonyl (C=O) groups excluding carboxylic acids is 1. The molecule has 19 heavy (non-hydrogen) atoms. The molecule has 1 amide bonds. The lowest BCUT2D eigenvalue weighted by Crippen LogP contribution is -2.25.